The van der Waals surface area contributed by atoms with E-state index in [9.17, 15) is 18.0 Å². The van der Waals surface area contributed by atoms with Crippen molar-refractivity contribution in [3.63, 3.8) is 0 Å². The number of carbonyl (C=O) groups excluding carboxylic acids is 1. The molecule has 1 heterocycles. The van der Waals surface area contributed by atoms with Gasteiger partial charge in [0.2, 0.25) is 15.9 Å². The second kappa shape index (κ2) is 7.55. The van der Waals surface area contributed by atoms with Gasteiger partial charge < -0.3 is 15.2 Å². The van der Waals surface area contributed by atoms with Crippen LogP contribution in [0.5, 0.6) is 0 Å². The number of sulfonamides is 1. The number of hydrogen-bond donors (Lipinski definition) is 2. The maximum absolute atomic E-state index is 11.9. The van der Waals surface area contributed by atoms with Crippen LogP contribution in [0.3, 0.4) is 0 Å². The molecule has 1 aliphatic heterocycles. The molecular formula is C11H20N2O6S. The average Bonchev–Trinajstić information content (AvgIpc) is 2.43. The van der Waals surface area contributed by atoms with Crippen LogP contribution < -0.4 is 5.32 Å². The molecule has 0 spiro atoms. The van der Waals surface area contributed by atoms with Crippen molar-refractivity contribution >= 4 is 21.9 Å². The molecule has 116 valence electrons. The summed E-state index contributed by atoms with van der Waals surface area (Å²) in [6, 6.07) is 0. The van der Waals surface area contributed by atoms with Crippen molar-refractivity contribution in [1.29, 1.82) is 0 Å². The van der Waals surface area contributed by atoms with Gasteiger partial charge in [0.05, 0.1) is 24.9 Å². The molecule has 8 nitrogen and oxygen atoms in total. The van der Waals surface area contributed by atoms with Crippen molar-refractivity contribution < 1.29 is 27.9 Å². The molecule has 0 aliphatic carbocycles. The predicted octanol–water partition coefficient (Wildman–Crippen LogP) is -1.12. The minimum atomic E-state index is -3.46. The van der Waals surface area contributed by atoms with Crippen molar-refractivity contribution in [2.24, 2.45) is 5.92 Å². The summed E-state index contributed by atoms with van der Waals surface area (Å²) in [5.74, 6) is -2.45. The highest BCUT2D eigenvalue weighted by Crippen LogP contribution is 2.06. The van der Waals surface area contributed by atoms with E-state index in [-0.39, 0.29) is 18.7 Å². The zero-order chi connectivity index (χ0) is 15.2. The van der Waals surface area contributed by atoms with Crippen LogP contribution in [-0.2, 0) is 24.3 Å². The van der Waals surface area contributed by atoms with Gasteiger partial charge in [0.1, 0.15) is 0 Å². The summed E-state index contributed by atoms with van der Waals surface area (Å²) in [6.45, 7) is 2.79. The minimum absolute atomic E-state index is 0.00817. The summed E-state index contributed by atoms with van der Waals surface area (Å²) in [7, 11) is -3.46. The van der Waals surface area contributed by atoms with Gasteiger partial charge >= 0.3 is 5.97 Å². The van der Waals surface area contributed by atoms with E-state index < -0.39 is 27.8 Å². The molecule has 1 atom stereocenters. The minimum Gasteiger partial charge on any atom is -0.481 e. The molecule has 0 aromatic heterocycles. The lowest BCUT2D eigenvalue weighted by Gasteiger charge is -2.25. The predicted molar refractivity (Wildman–Crippen MR) is 70.6 cm³/mol. The molecule has 0 bridgehead atoms. The van der Waals surface area contributed by atoms with Gasteiger partial charge in [0, 0.05) is 26.1 Å². The number of nitrogens with zero attached hydrogens (tertiary/aromatic N) is 1. The second-order valence-corrected chi connectivity index (χ2v) is 6.71. The van der Waals surface area contributed by atoms with Crippen molar-refractivity contribution in [1.82, 2.24) is 9.62 Å². The average molecular weight is 308 g/mol. The Kier molecular flexibility index (Phi) is 6.37. The van der Waals surface area contributed by atoms with Crippen LogP contribution in [-0.4, -0.2) is 68.3 Å². The van der Waals surface area contributed by atoms with Crippen LogP contribution in [0.4, 0.5) is 0 Å². The van der Waals surface area contributed by atoms with Gasteiger partial charge in [-0.15, -0.1) is 0 Å². The molecule has 0 aromatic rings. The first-order chi connectivity index (χ1) is 9.33. The number of carbonyl (C=O) groups is 2. The molecule has 1 rings (SSSR count). The van der Waals surface area contributed by atoms with E-state index >= 15 is 0 Å². The standard InChI is InChI=1S/C11H20N2O6S/c1-9(11(15)16)8-12-10(14)2-7-20(17,18)13-3-5-19-6-4-13/h9H,2-8H2,1H3,(H,12,14)(H,15,16). The van der Waals surface area contributed by atoms with Crippen molar-refractivity contribution in [3.05, 3.63) is 0 Å². The lowest BCUT2D eigenvalue weighted by atomic mass is 10.2. The highest BCUT2D eigenvalue weighted by atomic mass is 32.2. The molecule has 1 fully saturated rings. The Morgan fingerprint density at radius 1 is 1.35 bits per heavy atom. The maximum Gasteiger partial charge on any atom is 0.308 e. The first-order valence-corrected chi connectivity index (χ1v) is 7.99. The fourth-order valence-corrected chi connectivity index (χ4v) is 3.03. The van der Waals surface area contributed by atoms with Gasteiger partial charge in [0.15, 0.2) is 0 Å². The Labute approximate surface area is 118 Å². The third-order valence-corrected chi connectivity index (χ3v) is 4.85. The first kappa shape index (κ1) is 16.9. The zero-order valence-corrected chi connectivity index (χ0v) is 12.2. The quantitative estimate of drug-likeness (QED) is 0.615. The Bertz CT molecular complexity index is 444. The monoisotopic (exact) mass is 308 g/mol. The highest BCUT2D eigenvalue weighted by molar-refractivity contribution is 7.89. The van der Waals surface area contributed by atoms with Crippen LogP contribution in [0.2, 0.25) is 0 Å². The number of nitrogens with one attached hydrogen (secondary N) is 1. The van der Waals surface area contributed by atoms with Gasteiger partial charge in [-0.25, -0.2) is 8.42 Å². The lowest BCUT2D eigenvalue weighted by Crippen LogP contribution is -2.42. The number of carboxylic acids is 1. The molecule has 1 saturated heterocycles. The van der Waals surface area contributed by atoms with Crippen LogP contribution in [0.1, 0.15) is 13.3 Å². The Balaban J connectivity index is 2.34. The smallest absolute Gasteiger partial charge is 0.308 e. The maximum atomic E-state index is 11.9. The summed E-state index contributed by atoms with van der Waals surface area (Å²) in [6.07, 6.45) is -0.175. The lowest BCUT2D eigenvalue weighted by molar-refractivity contribution is -0.141. The molecule has 0 aromatic carbocycles. The third kappa shape index (κ3) is 5.43. The number of carboxylic acid groups (broad SMARTS) is 1. The number of hydrogen-bond acceptors (Lipinski definition) is 5. The van der Waals surface area contributed by atoms with E-state index in [4.69, 9.17) is 9.84 Å². The first-order valence-electron chi connectivity index (χ1n) is 6.38. The molecule has 1 unspecified atom stereocenters. The van der Waals surface area contributed by atoms with E-state index in [1.807, 2.05) is 0 Å². The van der Waals surface area contributed by atoms with E-state index in [1.165, 1.54) is 11.2 Å². The van der Waals surface area contributed by atoms with Gasteiger partial charge in [-0.05, 0) is 0 Å². The molecule has 0 radical (unpaired) electrons. The molecule has 0 saturated carbocycles. The fraction of sp³-hybridized carbons (Fsp3) is 0.818. The molecule has 1 aliphatic rings. The molecule has 20 heavy (non-hydrogen) atoms. The number of rotatable bonds is 7. The molecule has 9 heteroatoms. The third-order valence-electron chi connectivity index (χ3n) is 2.98. The summed E-state index contributed by atoms with van der Waals surface area (Å²) in [5.41, 5.74) is 0. The van der Waals surface area contributed by atoms with E-state index in [2.05, 4.69) is 5.32 Å². The number of amides is 1. The van der Waals surface area contributed by atoms with Crippen LogP contribution in [0, 0.1) is 5.92 Å². The number of morpholine rings is 1. The Morgan fingerprint density at radius 2 is 1.95 bits per heavy atom. The van der Waals surface area contributed by atoms with Crippen molar-refractivity contribution in [2.75, 3.05) is 38.6 Å². The van der Waals surface area contributed by atoms with Gasteiger partial charge in [0.25, 0.3) is 0 Å². The number of aliphatic carboxylic acids is 1. The van der Waals surface area contributed by atoms with Crippen LogP contribution in [0.15, 0.2) is 0 Å². The summed E-state index contributed by atoms with van der Waals surface area (Å²) < 4.78 is 30.2. The number of ether oxygens (including phenoxy) is 1. The summed E-state index contributed by atoms with van der Waals surface area (Å²) >= 11 is 0. The SMILES string of the molecule is CC(CNC(=O)CCS(=O)(=O)N1CCOCC1)C(=O)O. The summed E-state index contributed by atoms with van der Waals surface area (Å²) in [4.78, 5) is 22.1. The zero-order valence-electron chi connectivity index (χ0n) is 11.4. The van der Waals surface area contributed by atoms with Gasteiger partial charge in [-0.2, -0.15) is 4.31 Å². The molecule has 1 amide bonds. The Hall–Kier alpha value is -1.19. The van der Waals surface area contributed by atoms with E-state index in [1.54, 1.807) is 0 Å². The second-order valence-electron chi connectivity index (χ2n) is 4.62. The van der Waals surface area contributed by atoms with E-state index in [0.29, 0.717) is 26.3 Å². The normalized spacial score (nSPS) is 18.4. The van der Waals surface area contributed by atoms with Crippen molar-refractivity contribution in [2.45, 2.75) is 13.3 Å². The Morgan fingerprint density at radius 3 is 2.50 bits per heavy atom. The summed E-state index contributed by atoms with van der Waals surface area (Å²) in [5, 5.41) is 11.1. The largest absolute Gasteiger partial charge is 0.481 e. The highest BCUT2D eigenvalue weighted by Gasteiger charge is 2.25. The van der Waals surface area contributed by atoms with Gasteiger partial charge in [-0.1, -0.05) is 6.92 Å². The van der Waals surface area contributed by atoms with Crippen molar-refractivity contribution in [3.8, 4) is 0 Å². The molecule has 2 N–H and O–H groups in total. The van der Waals surface area contributed by atoms with E-state index in [0.717, 1.165) is 0 Å². The van der Waals surface area contributed by atoms with Crippen LogP contribution in [0.25, 0.3) is 0 Å². The fourth-order valence-electron chi connectivity index (χ4n) is 1.62. The van der Waals surface area contributed by atoms with Crippen LogP contribution >= 0.6 is 0 Å². The van der Waals surface area contributed by atoms with Gasteiger partial charge in [-0.3, -0.25) is 9.59 Å². The topological polar surface area (TPSA) is 113 Å². The molecular weight excluding hydrogens is 288 g/mol.